The summed E-state index contributed by atoms with van der Waals surface area (Å²) in [6.07, 6.45) is 3.41. The third-order valence-electron chi connectivity index (χ3n) is 4.84. The van der Waals surface area contributed by atoms with Crippen molar-refractivity contribution in [2.45, 2.75) is 36.4 Å². The van der Waals surface area contributed by atoms with Crippen LogP contribution in [0.1, 0.15) is 24.8 Å². The third-order valence-corrected chi connectivity index (χ3v) is 9.21. The Morgan fingerprint density at radius 2 is 1.62 bits per heavy atom. The molecule has 0 aliphatic heterocycles. The molecule has 1 aliphatic rings. The predicted molar refractivity (Wildman–Crippen MR) is 101 cm³/mol. The maximum absolute atomic E-state index is 12.7. The number of sulfone groups is 1. The van der Waals surface area contributed by atoms with Crippen molar-refractivity contribution in [3.8, 4) is 0 Å². The van der Waals surface area contributed by atoms with Crippen LogP contribution in [-0.2, 0) is 9.84 Å². The van der Waals surface area contributed by atoms with Crippen LogP contribution in [0.3, 0.4) is 0 Å². The van der Waals surface area contributed by atoms with Crippen LogP contribution in [0.25, 0.3) is 0 Å². The van der Waals surface area contributed by atoms with Crippen LogP contribution in [0, 0.1) is 18.8 Å². The fraction of sp³-hybridized carbons (Fsp3) is 0.400. The van der Waals surface area contributed by atoms with Gasteiger partial charge in [-0.2, -0.15) is 0 Å². The zero-order valence-electron chi connectivity index (χ0n) is 14.0. The minimum absolute atomic E-state index is 0.311. The van der Waals surface area contributed by atoms with Gasteiger partial charge < -0.3 is 0 Å². The van der Waals surface area contributed by atoms with E-state index in [9.17, 15) is 8.42 Å². The van der Waals surface area contributed by atoms with Gasteiger partial charge in [0.2, 0.25) is 0 Å². The molecule has 3 rings (SSSR count). The molecule has 2 aromatic rings. The average Bonchev–Trinajstić information content (AvgIpc) is 3.01. The van der Waals surface area contributed by atoms with Crippen molar-refractivity contribution >= 4 is 29.3 Å². The molecule has 1 fully saturated rings. The van der Waals surface area contributed by atoms with Gasteiger partial charge in [0.1, 0.15) is 0 Å². The van der Waals surface area contributed by atoms with Crippen molar-refractivity contribution in [3.05, 3.63) is 60.2 Å². The van der Waals surface area contributed by atoms with Gasteiger partial charge in [-0.1, -0.05) is 0 Å². The third kappa shape index (κ3) is 4.50. The monoisotopic (exact) mass is 408 g/mol. The molecule has 0 radical (unpaired) electrons. The fourth-order valence-electron chi connectivity index (χ4n) is 3.40. The first-order valence-electron chi connectivity index (χ1n) is 8.52. The number of hydrogen-bond donors (Lipinski definition) is 0. The molecule has 4 heteroatoms. The Bertz CT molecular complexity index is 754. The van der Waals surface area contributed by atoms with Gasteiger partial charge in [-0.3, -0.25) is 0 Å². The van der Waals surface area contributed by atoms with E-state index in [-0.39, 0.29) is 0 Å². The molecule has 0 saturated heterocycles. The van der Waals surface area contributed by atoms with Crippen molar-refractivity contribution in [3.63, 3.8) is 0 Å². The minimum atomic E-state index is -3.17. The molecule has 0 spiro atoms. The van der Waals surface area contributed by atoms with Crippen LogP contribution in [0.2, 0.25) is 5.32 Å². The van der Waals surface area contributed by atoms with E-state index in [0.717, 1.165) is 17.3 Å². The van der Waals surface area contributed by atoms with Crippen LogP contribution >= 0.6 is 0 Å². The van der Waals surface area contributed by atoms with E-state index in [2.05, 4.69) is 24.3 Å². The van der Waals surface area contributed by atoms with Crippen molar-refractivity contribution < 1.29 is 8.42 Å². The Labute approximate surface area is 151 Å². The number of benzene rings is 2. The zero-order chi connectivity index (χ0) is 17.0. The average molecular weight is 407 g/mol. The molecule has 0 aromatic heterocycles. The Morgan fingerprint density at radius 1 is 0.958 bits per heavy atom. The van der Waals surface area contributed by atoms with E-state index < -0.39 is 9.84 Å². The summed E-state index contributed by atoms with van der Waals surface area (Å²) < 4.78 is 26.9. The molecule has 0 N–H and O–H groups in total. The van der Waals surface area contributed by atoms with Gasteiger partial charge in [0.15, 0.2) is 0 Å². The van der Waals surface area contributed by atoms with Crippen LogP contribution < -0.4 is 4.46 Å². The van der Waals surface area contributed by atoms with E-state index in [1.807, 2.05) is 25.1 Å². The second kappa shape index (κ2) is 7.86. The van der Waals surface area contributed by atoms with Crippen LogP contribution in [0.5, 0.6) is 0 Å². The van der Waals surface area contributed by atoms with Gasteiger partial charge in [-0.15, -0.1) is 0 Å². The second-order valence-corrected chi connectivity index (χ2v) is 11.0. The quantitative estimate of drug-likeness (QED) is 0.686. The molecule has 2 atom stereocenters. The number of rotatable bonds is 6. The predicted octanol–water partition coefficient (Wildman–Crippen LogP) is 3.63. The topological polar surface area (TPSA) is 34.1 Å². The van der Waals surface area contributed by atoms with E-state index in [1.165, 1.54) is 17.3 Å². The fourth-order valence-corrected chi connectivity index (χ4v) is 7.65. The maximum atomic E-state index is 12.7. The Kier molecular flexibility index (Phi) is 5.80. The summed E-state index contributed by atoms with van der Waals surface area (Å²) in [5, 5.41) is 1.16. The van der Waals surface area contributed by atoms with E-state index in [1.54, 1.807) is 12.1 Å². The summed E-state index contributed by atoms with van der Waals surface area (Å²) in [5.74, 6) is 1.19. The molecule has 24 heavy (non-hydrogen) atoms. The van der Waals surface area contributed by atoms with Crippen LogP contribution in [0.4, 0.5) is 0 Å². The first-order chi connectivity index (χ1) is 11.5. The van der Waals surface area contributed by atoms with Crippen molar-refractivity contribution in [2.75, 3.05) is 5.75 Å². The molecule has 2 unspecified atom stereocenters. The molecule has 0 amide bonds. The van der Waals surface area contributed by atoms with Crippen LogP contribution in [-0.4, -0.2) is 29.1 Å². The van der Waals surface area contributed by atoms with Gasteiger partial charge in [0.25, 0.3) is 0 Å². The van der Waals surface area contributed by atoms with Gasteiger partial charge in [-0.25, -0.2) is 0 Å². The Hall–Kier alpha value is -1.09. The van der Waals surface area contributed by atoms with Crippen molar-refractivity contribution in [1.82, 2.24) is 0 Å². The summed E-state index contributed by atoms with van der Waals surface area (Å²) in [6.45, 7) is 1.98. The van der Waals surface area contributed by atoms with E-state index in [4.69, 9.17) is 0 Å². The molecule has 1 saturated carbocycles. The first-order valence-corrected chi connectivity index (χ1v) is 12.2. The molecular weight excluding hydrogens is 383 g/mol. The van der Waals surface area contributed by atoms with Crippen LogP contribution in [0.15, 0.2) is 59.5 Å². The second-order valence-electron chi connectivity index (χ2n) is 6.67. The molecule has 1 aliphatic carbocycles. The summed E-state index contributed by atoms with van der Waals surface area (Å²) in [5.41, 5.74) is 1.10. The summed E-state index contributed by atoms with van der Waals surface area (Å²) in [6, 6.07) is 17.9. The SMILES string of the molecule is Cc1ccc(S(=O)(=O)CC2CCCC2C[Se]c2ccccc2)cc1. The van der Waals surface area contributed by atoms with E-state index in [0.29, 0.717) is 37.4 Å². The number of aryl methyl sites for hydroxylation is 1. The Balaban J connectivity index is 1.64. The molecule has 0 heterocycles. The first kappa shape index (κ1) is 17.7. The summed E-state index contributed by atoms with van der Waals surface area (Å²) in [7, 11) is -3.17. The Morgan fingerprint density at radius 3 is 2.33 bits per heavy atom. The molecule has 2 nitrogen and oxygen atoms in total. The standard InChI is InChI=1S/C20H24O2SSe/c1-16-10-12-19(13-11-16)23(21,22)14-17-6-5-7-18(17)15-24-20-8-3-2-4-9-20/h2-4,8-13,17-18H,5-7,14-15H2,1H3. The van der Waals surface area contributed by atoms with Crippen molar-refractivity contribution in [2.24, 2.45) is 11.8 Å². The van der Waals surface area contributed by atoms with Gasteiger partial charge >= 0.3 is 152 Å². The molecule has 0 bridgehead atoms. The van der Waals surface area contributed by atoms with Gasteiger partial charge in [0.05, 0.1) is 0 Å². The zero-order valence-corrected chi connectivity index (χ0v) is 16.5. The molecule has 128 valence electrons. The summed E-state index contributed by atoms with van der Waals surface area (Å²) >= 11 is 0.447. The normalized spacial score (nSPS) is 21.0. The summed E-state index contributed by atoms with van der Waals surface area (Å²) in [4.78, 5) is 0.479. The van der Waals surface area contributed by atoms with Gasteiger partial charge in [-0.05, 0) is 0 Å². The van der Waals surface area contributed by atoms with E-state index >= 15 is 0 Å². The van der Waals surface area contributed by atoms with Gasteiger partial charge in [0, 0.05) is 0 Å². The molecule has 2 aromatic carbocycles. The molecular formula is C20H24O2SSe. The van der Waals surface area contributed by atoms with Crippen molar-refractivity contribution in [1.29, 1.82) is 0 Å². The number of hydrogen-bond acceptors (Lipinski definition) is 2.